The van der Waals surface area contributed by atoms with E-state index in [0.29, 0.717) is 11.6 Å². The first-order valence-electron chi connectivity index (χ1n) is 9.30. The maximum absolute atomic E-state index is 11.0. The van der Waals surface area contributed by atoms with E-state index in [2.05, 4.69) is 31.6 Å². The van der Waals surface area contributed by atoms with Crippen LogP contribution in [0.2, 0.25) is 0 Å². The Morgan fingerprint density at radius 3 is 2.38 bits per heavy atom. The number of nitrogens with one attached hydrogen (secondary N) is 2. The Morgan fingerprint density at radius 1 is 0.966 bits per heavy atom. The van der Waals surface area contributed by atoms with Gasteiger partial charge in [0.15, 0.2) is 0 Å². The number of carboxylic acids is 1. The van der Waals surface area contributed by atoms with Gasteiger partial charge in [0.25, 0.3) is 0 Å². The second kappa shape index (κ2) is 8.57. The molecule has 0 amide bonds. The molecule has 1 saturated heterocycles. The molecule has 3 aromatic rings. The Bertz CT molecular complexity index is 988. The number of morpholine rings is 1. The zero-order valence-electron chi connectivity index (χ0n) is 15.7. The van der Waals surface area contributed by atoms with Crippen molar-refractivity contribution in [3.63, 3.8) is 0 Å². The Kier molecular flexibility index (Phi) is 5.53. The van der Waals surface area contributed by atoms with Gasteiger partial charge >= 0.3 is 5.97 Å². The normalized spacial score (nSPS) is 13.7. The summed E-state index contributed by atoms with van der Waals surface area (Å²) in [6.07, 6.45) is 1.48. The van der Waals surface area contributed by atoms with E-state index in [-0.39, 0.29) is 5.56 Å². The molecule has 148 valence electrons. The molecule has 0 saturated carbocycles. The summed E-state index contributed by atoms with van der Waals surface area (Å²) in [5, 5.41) is 15.5. The summed E-state index contributed by atoms with van der Waals surface area (Å²) in [5.41, 5.74) is 3.05. The van der Waals surface area contributed by atoms with E-state index in [9.17, 15) is 4.79 Å². The highest BCUT2D eigenvalue weighted by molar-refractivity contribution is 5.88. The standard InChI is InChI=1S/C21H21N5O3/c27-21(28)15-5-7-16(8-6-15)24-19-13-20(23-14-22-19)25-17-3-1-2-4-18(17)26-9-11-29-12-10-26/h1-8,13-14H,9-12H2,(H,27,28)(H2,22,23,24,25). The summed E-state index contributed by atoms with van der Waals surface area (Å²) in [6.45, 7) is 3.14. The molecule has 0 bridgehead atoms. The number of aromatic carboxylic acids is 1. The van der Waals surface area contributed by atoms with Gasteiger partial charge in [-0.3, -0.25) is 0 Å². The number of carbonyl (C=O) groups is 1. The maximum Gasteiger partial charge on any atom is 0.335 e. The molecule has 3 N–H and O–H groups in total. The van der Waals surface area contributed by atoms with Gasteiger partial charge in [-0.1, -0.05) is 12.1 Å². The van der Waals surface area contributed by atoms with E-state index in [1.807, 2.05) is 18.2 Å². The molecule has 2 heterocycles. The van der Waals surface area contributed by atoms with Crippen LogP contribution in [-0.4, -0.2) is 47.3 Å². The van der Waals surface area contributed by atoms with Crippen molar-refractivity contribution in [3.8, 4) is 0 Å². The van der Waals surface area contributed by atoms with Crippen LogP contribution in [0.1, 0.15) is 10.4 Å². The largest absolute Gasteiger partial charge is 0.478 e. The summed E-state index contributed by atoms with van der Waals surface area (Å²) in [5.74, 6) is 0.309. The average molecular weight is 391 g/mol. The third kappa shape index (κ3) is 4.61. The molecule has 4 rings (SSSR count). The van der Waals surface area contributed by atoms with Crippen LogP contribution in [0.4, 0.5) is 28.7 Å². The minimum atomic E-state index is -0.955. The van der Waals surface area contributed by atoms with Crippen molar-refractivity contribution in [1.29, 1.82) is 0 Å². The second-order valence-corrected chi connectivity index (χ2v) is 6.54. The van der Waals surface area contributed by atoms with Gasteiger partial charge in [-0.05, 0) is 36.4 Å². The molecule has 29 heavy (non-hydrogen) atoms. The Balaban J connectivity index is 1.50. The third-order valence-electron chi connectivity index (χ3n) is 4.59. The highest BCUT2D eigenvalue weighted by atomic mass is 16.5. The third-order valence-corrected chi connectivity index (χ3v) is 4.59. The molecular weight excluding hydrogens is 370 g/mol. The number of aromatic nitrogens is 2. The predicted octanol–water partition coefficient (Wildman–Crippen LogP) is 3.50. The molecule has 8 nitrogen and oxygen atoms in total. The van der Waals surface area contributed by atoms with Crippen LogP contribution in [0, 0.1) is 0 Å². The topological polar surface area (TPSA) is 99.6 Å². The number of hydrogen-bond acceptors (Lipinski definition) is 7. The SMILES string of the molecule is O=C(O)c1ccc(Nc2cc(Nc3ccccc3N3CCOCC3)ncn2)cc1. The van der Waals surface area contributed by atoms with Crippen LogP contribution >= 0.6 is 0 Å². The summed E-state index contributed by atoms with van der Waals surface area (Å²) in [6, 6.07) is 16.4. The average Bonchev–Trinajstić information content (AvgIpc) is 2.75. The number of anilines is 5. The van der Waals surface area contributed by atoms with Gasteiger partial charge in [-0.25, -0.2) is 14.8 Å². The maximum atomic E-state index is 11.0. The number of rotatable bonds is 6. The molecule has 1 fully saturated rings. The molecule has 0 radical (unpaired) electrons. The monoisotopic (exact) mass is 391 g/mol. The molecule has 0 aliphatic carbocycles. The fraction of sp³-hybridized carbons (Fsp3) is 0.190. The van der Waals surface area contributed by atoms with Crippen LogP contribution in [0.3, 0.4) is 0 Å². The fourth-order valence-electron chi connectivity index (χ4n) is 3.14. The van der Waals surface area contributed by atoms with Gasteiger partial charge in [0.1, 0.15) is 18.0 Å². The van der Waals surface area contributed by atoms with Crippen molar-refractivity contribution in [2.24, 2.45) is 0 Å². The zero-order valence-corrected chi connectivity index (χ0v) is 15.7. The van der Waals surface area contributed by atoms with Gasteiger partial charge < -0.3 is 25.4 Å². The lowest BCUT2D eigenvalue weighted by Gasteiger charge is -2.30. The van der Waals surface area contributed by atoms with Crippen LogP contribution < -0.4 is 15.5 Å². The number of hydrogen-bond donors (Lipinski definition) is 3. The molecule has 1 aromatic heterocycles. The molecule has 0 spiro atoms. The summed E-state index contributed by atoms with van der Waals surface area (Å²) in [7, 11) is 0. The van der Waals surface area contributed by atoms with Gasteiger partial charge in [0.2, 0.25) is 0 Å². The Hall–Kier alpha value is -3.65. The van der Waals surface area contributed by atoms with Crippen LogP contribution in [-0.2, 0) is 4.74 Å². The lowest BCUT2D eigenvalue weighted by molar-refractivity contribution is 0.0697. The summed E-state index contributed by atoms with van der Waals surface area (Å²) < 4.78 is 5.45. The lowest BCUT2D eigenvalue weighted by atomic mass is 10.2. The van der Waals surface area contributed by atoms with Gasteiger partial charge in [0, 0.05) is 24.8 Å². The minimum Gasteiger partial charge on any atom is -0.478 e. The fourth-order valence-corrected chi connectivity index (χ4v) is 3.14. The number of para-hydroxylation sites is 2. The molecule has 1 aliphatic rings. The summed E-state index contributed by atoms with van der Waals surface area (Å²) >= 11 is 0. The Labute approximate surface area is 168 Å². The minimum absolute atomic E-state index is 0.236. The van der Waals surface area contributed by atoms with E-state index < -0.39 is 5.97 Å². The van der Waals surface area contributed by atoms with Crippen molar-refractivity contribution in [1.82, 2.24) is 9.97 Å². The quantitative estimate of drug-likeness (QED) is 0.587. The number of ether oxygens (including phenoxy) is 1. The van der Waals surface area contributed by atoms with Crippen LogP contribution in [0.15, 0.2) is 60.9 Å². The molecule has 2 aromatic carbocycles. The zero-order chi connectivity index (χ0) is 20.1. The highest BCUT2D eigenvalue weighted by Gasteiger charge is 2.15. The molecule has 1 aliphatic heterocycles. The van der Waals surface area contributed by atoms with E-state index in [4.69, 9.17) is 9.84 Å². The number of nitrogens with zero attached hydrogens (tertiary/aromatic N) is 3. The van der Waals surface area contributed by atoms with Crippen molar-refractivity contribution in [2.75, 3.05) is 41.8 Å². The van der Waals surface area contributed by atoms with Crippen molar-refractivity contribution < 1.29 is 14.6 Å². The smallest absolute Gasteiger partial charge is 0.335 e. The molecule has 8 heteroatoms. The van der Waals surface area contributed by atoms with Gasteiger partial charge in [-0.15, -0.1) is 0 Å². The number of benzene rings is 2. The first-order valence-corrected chi connectivity index (χ1v) is 9.30. The van der Waals surface area contributed by atoms with Crippen LogP contribution in [0.25, 0.3) is 0 Å². The lowest BCUT2D eigenvalue weighted by Crippen LogP contribution is -2.36. The van der Waals surface area contributed by atoms with E-state index in [1.165, 1.54) is 6.33 Å². The van der Waals surface area contributed by atoms with E-state index in [1.54, 1.807) is 30.3 Å². The van der Waals surface area contributed by atoms with Crippen molar-refractivity contribution in [2.45, 2.75) is 0 Å². The number of carboxylic acid groups (broad SMARTS) is 1. The summed E-state index contributed by atoms with van der Waals surface area (Å²) in [4.78, 5) is 21.8. The Morgan fingerprint density at radius 2 is 1.66 bits per heavy atom. The van der Waals surface area contributed by atoms with Gasteiger partial charge in [-0.2, -0.15) is 0 Å². The van der Waals surface area contributed by atoms with Gasteiger partial charge in [0.05, 0.1) is 30.2 Å². The predicted molar refractivity (Wildman–Crippen MR) is 111 cm³/mol. The van der Waals surface area contributed by atoms with Crippen molar-refractivity contribution in [3.05, 3.63) is 66.5 Å². The van der Waals surface area contributed by atoms with Crippen molar-refractivity contribution >= 4 is 34.7 Å². The highest BCUT2D eigenvalue weighted by Crippen LogP contribution is 2.29. The van der Waals surface area contributed by atoms with Crippen LogP contribution in [0.5, 0.6) is 0 Å². The first-order chi connectivity index (χ1) is 14.2. The van der Waals surface area contributed by atoms with E-state index in [0.717, 1.165) is 43.4 Å². The molecule has 0 atom stereocenters. The molecule has 0 unspecified atom stereocenters. The second-order valence-electron chi connectivity index (χ2n) is 6.54. The first kappa shape index (κ1) is 18.7. The molecular formula is C21H21N5O3. The van der Waals surface area contributed by atoms with E-state index >= 15 is 0 Å².